The van der Waals surface area contributed by atoms with E-state index in [4.69, 9.17) is 15.3 Å². The van der Waals surface area contributed by atoms with Crippen molar-refractivity contribution < 1.29 is 13.9 Å². The average molecular weight is 270 g/mol. The summed E-state index contributed by atoms with van der Waals surface area (Å²) in [6.45, 7) is 4.62. The Morgan fingerprint density at radius 3 is 2.58 bits per heavy atom. The predicted octanol–water partition coefficient (Wildman–Crippen LogP) is 2.02. The van der Waals surface area contributed by atoms with Gasteiger partial charge in [0.2, 0.25) is 0 Å². The van der Waals surface area contributed by atoms with Crippen molar-refractivity contribution in [1.82, 2.24) is 5.43 Å². The highest BCUT2D eigenvalue weighted by atomic mass is 19.1. The van der Waals surface area contributed by atoms with Gasteiger partial charge in [-0.15, -0.1) is 0 Å². The lowest BCUT2D eigenvalue weighted by Gasteiger charge is -2.25. The normalized spacial score (nSPS) is 14.2. The van der Waals surface area contributed by atoms with Crippen molar-refractivity contribution in [1.29, 1.82) is 0 Å². The fraction of sp³-hybridized carbons (Fsp3) is 0.571. The van der Waals surface area contributed by atoms with Crippen LogP contribution in [-0.2, 0) is 11.2 Å². The SMILES string of the molecule is CCOC(CC)C(Cc1ccc(OC)c(F)c1)NN. The van der Waals surface area contributed by atoms with Crippen LogP contribution in [0.15, 0.2) is 18.2 Å². The number of hydrogen-bond acceptors (Lipinski definition) is 4. The number of methoxy groups -OCH3 is 1. The summed E-state index contributed by atoms with van der Waals surface area (Å²) in [4.78, 5) is 0. The molecule has 1 rings (SSSR count). The molecule has 2 unspecified atom stereocenters. The molecule has 5 heteroatoms. The van der Waals surface area contributed by atoms with Crippen LogP contribution in [0, 0.1) is 5.82 Å². The smallest absolute Gasteiger partial charge is 0.165 e. The first-order valence-electron chi connectivity index (χ1n) is 6.56. The minimum atomic E-state index is -0.361. The van der Waals surface area contributed by atoms with Gasteiger partial charge in [-0.1, -0.05) is 13.0 Å². The fourth-order valence-electron chi connectivity index (χ4n) is 2.12. The van der Waals surface area contributed by atoms with Crippen molar-refractivity contribution in [2.24, 2.45) is 5.84 Å². The van der Waals surface area contributed by atoms with Crippen molar-refractivity contribution >= 4 is 0 Å². The third kappa shape index (κ3) is 4.45. The molecule has 19 heavy (non-hydrogen) atoms. The Morgan fingerprint density at radius 2 is 2.11 bits per heavy atom. The van der Waals surface area contributed by atoms with Crippen molar-refractivity contribution in [3.63, 3.8) is 0 Å². The first-order chi connectivity index (χ1) is 9.15. The number of nitrogens with two attached hydrogens (primary N) is 1. The molecule has 3 N–H and O–H groups in total. The van der Waals surface area contributed by atoms with E-state index in [1.165, 1.54) is 13.2 Å². The van der Waals surface area contributed by atoms with Crippen LogP contribution in [-0.4, -0.2) is 25.9 Å². The summed E-state index contributed by atoms with van der Waals surface area (Å²) in [6.07, 6.45) is 1.47. The summed E-state index contributed by atoms with van der Waals surface area (Å²) in [5.41, 5.74) is 3.62. The zero-order valence-corrected chi connectivity index (χ0v) is 11.8. The van der Waals surface area contributed by atoms with Crippen molar-refractivity contribution in [3.05, 3.63) is 29.6 Å². The third-order valence-electron chi connectivity index (χ3n) is 3.12. The number of ether oxygens (including phenoxy) is 2. The molecule has 0 radical (unpaired) electrons. The topological polar surface area (TPSA) is 56.5 Å². The molecule has 0 aliphatic rings. The van der Waals surface area contributed by atoms with Crippen LogP contribution < -0.4 is 16.0 Å². The highest BCUT2D eigenvalue weighted by Crippen LogP contribution is 2.19. The van der Waals surface area contributed by atoms with E-state index in [1.54, 1.807) is 6.07 Å². The molecule has 1 aromatic carbocycles. The van der Waals surface area contributed by atoms with Gasteiger partial charge in [-0.2, -0.15) is 0 Å². The molecule has 0 saturated carbocycles. The fourth-order valence-corrected chi connectivity index (χ4v) is 2.12. The molecule has 2 atom stereocenters. The van der Waals surface area contributed by atoms with Crippen LogP contribution in [0.5, 0.6) is 5.75 Å². The maximum atomic E-state index is 13.6. The van der Waals surface area contributed by atoms with Crippen LogP contribution in [0.2, 0.25) is 0 Å². The van der Waals surface area contributed by atoms with Gasteiger partial charge in [-0.25, -0.2) is 4.39 Å². The molecule has 0 heterocycles. The van der Waals surface area contributed by atoms with Crippen molar-refractivity contribution in [3.8, 4) is 5.75 Å². The maximum absolute atomic E-state index is 13.6. The third-order valence-corrected chi connectivity index (χ3v) is 3.12. The highest BCUT2D eigenvalue weighted by molar-refractivity contribution is 5.29. The lowest BCUT2D eigenvalue weighted by Crippen LogP contribution is -2.46. The Kier molecular flexibility index (Phi) is 6.77. The highest BCUT2D eigenvalue weighted by Gasteiger charge is 2.20. The van der Waals surface area contributed by atoms with Gasteiger partial charge in [0, 0.05) is 6.61 Å². The summed E-state index contributed by atoms with van der Waals surface area (Å²) in [5, 5.41) is 0. The first-order valence-corrected chi connectivity index (χ1v) is 6.56. The molecule has 108 valence electrons. The number of halogens is 1. The Morgan fingerprint density at radius 1 is 1.37 bits per heavy atom. The summed E-state index contributed by atoms with van der Waals surface area (Å²) in [6, 6.07) is 4.89. The number of hydrazine groups is 1. The number of nitrogens with one attached hydrogen (secondary N) is 1. The molecule has 4 nitrogen and oxygen atoms in total. The zero-order chi connectivity index (χ0) is 14.3. The molecule has 0 bridgehead atoms. The van der Waals surface area contributed by atoms with Gasteiger partial charge >= 0.3 is 0 Å². The van der Waals surface area contributed by atoms with E-state index < -0.39 is 0 Å². The molecular formula is C14H23FN2O2. The van der Waals surface area contributed by atoms with Crippen molar-refractivity contribution in [2.45, 2.75) is 38.8 Å². The maximum Gasteiger partial charge on any atom is 0.165 e. The Hall–Kier alpha value is -1.17. The molecule has 0 aromatic heterocycles. The molecule has 1 aromatic rings. The number of benzene rings is 1. The van der Waals surface area contributed by atoms with Gasteiger partial charge in [0.25, 0.3) is 0 Å². The van der Waals surface area contributed by atoms with Crippen molar-refractivity contribution in [2.75, 3.05) is 13.7 Å². The Balaban J connectivity index is 2.77. The van der Waals surface area contributed by atoms with E-state index in [-0.39, 0.29) is 23.7 Å². The molecular weight excluding hydrogens is 247 g/mol. The number of hydrogen-bond donors (Lipinski definition) is 2. The molecule has 0 aliphatic carbocycles. The van der Waals surface area contributed by atoms with Crippen LogP contribution >= 0.6 is 0 Å². The zero-order valence-electron chi connectivity index (χ0n) is 11.8. The van der Waals surface area contributed by atoms with Gasteiger partial charge in [0.05, 0.1) is 19.3 Å². The first kappa shape index (κ1) is 15.9. The van der Waals surface area contributed by atoms with E-state index in [2.05, 4.69) is 5.43 Å². The van der Waals surface area contributed by atoms with Crippen LogP contribution in [0.3, 0.4) is 0 Å². The van der Waals surface area contributed by atoms with Gasteiger partial charge in [0.1, 0.15) is 0 Å². The minimum Gasteiger partial charge on any atom is -0.494 e. The standard InChI is InChI=1S/C14H23FN2O2/c1-4-13(19-5-2)12(17-16)9-10-6-7-14(18-3)11(15)8-10/h6-8,12-13,17H,4-5,9,16H2,1-3H3. The number of rotatable bonds is 8. The van der Waals surface area contributed by atoms with Gasteiger partial charge in [0.15, 0.2) is 11.6 Å². The van der Waals surface area contributed by atoms with E-state index in [1.807, 2.05) is 19.9 Å². The summed E-state index contributed by atoms with van der Waals surface area (Å²) >= 11 is 0. The van der Waals surface area contributed by atoms with Gasteiger partial charge in [-0.3, -0.25) is 11.3 Å². The predicted molar refractivity (Wildman–Crippen MR) is 73.5 cm³/mol. The van der Waals surface area contributed by atoms with Gasteiger partial charge in [-0.05, 0) is 37.5 Å². The lowest BCUT2D eigenvalue weighted by atomic mass is 10.00. The molecule has 0 aliphatic heterocycles. The van der Waals surface area contributed by atoms with Gasteiger partial charge < -0.3 is 9.47 Å². The molecule has 0 amide bonds. The van der Waals surface area contributed by atoms with E-state index in [9.17, 15) is 4.39 Å². The Bertz CT molecular complexity index is 388. The van der Waals surface area contributed by atoms with E-state index >= 15 is 0 Å². The summed E-state index contributed by atoms with van der Waals surface area (Å²) < 4.78 is 24.2. The second kappa shape index (κ2) is 8.09. The minimum absolute atomic E-state index is 0.0140. The second-order valence-electron chi connectivity index (χ2n) is 4.35. The van der Waals surface area contributed by atoms with Crippen LogP contribution in [0.4, 0.5) is 4.39 Å². The summed E-state index contributed by atoms with van der Waals surface area (Å²) in [5.74, 6) is 5.46. The quantitative estimate of drug-likeness (QED) is 0.560. The van der Waals surface area contributed by atoms with E-state index in [0.29, 0.717) is 13.0 Å². The molecule has 0 fully saturated rings. The van der Waals surface area contributed by atoms with Crippen LogP contribution in [0.1, 0.15) is 25.8 Å². The average Bonchev–Trinajstić information content (AvgIpc) is 2.42. The van der Waals surface area contributed by atoms with Crippen LogP contribution in [0.25, 0.3) is 0 Å². The lowest BCUT2D eigenvalue weighted by molar-refractivity contribution is 0.0319. The van der Waals surface area contributed by atoms with E-state index in [0.717, 1.165) is 12.0 Å². The largest absolute Gasteiger partial charge is 0.494 e. The molecule has 0 spiro atoms. The molecule has 0 saturated heterocycles. The monoisotopic (exact) mass is 270 g/mol. The summed E-state index contributed by atoms with van der Waals surface area (Å²) in [7, 11) is 1.45. The second-order valence-corrected chi connectivity index (χ2v) is 4.35. The Labute approximate surface area is 114 Å².